The fraction of sp³-hybridized carbons (Fsp3) is 0.417. The maximum atomic E-state index is 13.1. The van der Waals surface area contributed by atoms with E-state index < -0.39 is 16.1 Å². The van der Waals surface area contributed by atoms with E-state index in [1.165, 1.54) is 16.3 Å². The largest absolute Gasteiger partial charge is 0.357 e. The van der Waals surface area contributed by atoms with Crippen molar-refractivity contribution < 1.29 is 18.0 Å². The summed E-state index contributed by atoms with van der Waals surface area (Å²) < 4.78 is 26.1. The molecule has 1 atom stereocenters. The summed E-state index contributed by atoms with van der Waals surface area (Å²) >= 11 is 5.95. The Kier molecular flexibility index (Phi) is 9.31. The van der Waals surface area contributed by atoms with Crippen LogP contribution in [0.15, 0.2) is 42.5 Å². The van der Waals surface area contributed by atoms with Gasteiger partial charge in [0.25, 0.3) is 0 Å². The van der Waals surface area contributed by atoms with Crippen LogP contribution in [0.25, 0.3) is 0 Å². The van der Waals surface area contributed by atoms with Crippen LogP contribution >= 0.6 is 11.6 Å². The number of carbonyl (C=O) groups is 2. The number of hydrogen-bond donors (Lipinski definition) is 1. The van der Waals surface area contributed by atoms with E-state index in [2.05, 4.69) is 5.32 Å². The molecule has 2 amide bonds. The summed E-state index contributed by atoms with van der Waals surface area (Å²) in [4.78, 5) is 26.8. The first-order chi connectivity index (χ1) is 15.4. The fourth-order valence-corrected chi connectivity index (χ4v) is 4.55. The van der Waals surface area contributed by atoms with E-state index in [1.54, 1.807) is 25.1 Å². The summed E-state index contributed by atoms with van der Waals surface area (Å²) in [6, 6.07) is 11.9. The molecule has 2 aromatic rings. The molecule has 0 bridgehead atoms. The van der Waals surface area contributed by atoms with E-state index in [9.17, 15) is 18.0 Å². The molecule has 0 aliphatic carbocycles. The molecule has 0 spiro atoms. The number of hydrogen-bond acceptors (Lipinski definition) is 4. The molecule has 9 heteroatoms. The molecular weight excluding hydrogens is 462 g/mol. The Labute approximate surface area is 201 Å². The van der Waals surface area contributed by atoms with E-state index in [0.717, 1.165) is 22.9 Å². The van der Waals surface area contributed by atoms with E-state index in [4.69, 9.17) is 11.6 Å². The van der Waals surface area contributed by atoms with Gasteiger partial charge in [-0.05, 0) is 68.1 Å². The van der Waals surface area contributed by atoms with Crippen LogP contribution in [0, 0.1) is 13.8 Å². The van der Waals surface area contributed by atoms with Gasteiger partial charge < -0.3 is 10.2 Å². The maximum absolute atomic E-state index is 13.1. The Balaban J connectivity index is 2.15. The molecule has 0 aliphatic rings. The Morgan fingerprint density at radius 1 is 1.06 bits per heavy atom. The molecule has 0 saturated carbocycles. The highest BCUT2D eigenvalue weighted by atomic mass is 35.5. The van der Waals surface area contributed by atoms with Crippen molar-refractivity contribution in [1.29, 1.82) is 0 Å². The first-order valence-corrected chi connectivity index (χ1v) is 13.0. The second-order valence-corrected chi connectivity index (χ2v) is 10.5. The lowest BCUT2D eigenvalue weighted by Gasteiger charge is -2.29. The number of likely N-dealkylation sites (N-methyl/N-ethyl adjacent to an activating group) is 1. The van der Waals surface area contributed by atoms with Crippen LogP contribution in [0.3, 0.4) is 0 Å². The van der Waals surface area contributed by atoms with Crippen LogP contribution in [0.4, 0.5) is 5.69 Å². The predicted molar refractivity (Wildman–Crippen MR) is 133 cm³/mol. The molecule has 1 unspecified atom stereocenters. The van der Waals surface area contributed by atoms with Crippen LogP contribution in [0.2, 0.25) is 5.02 Å². The zero-order valence-corrected chi connectivity index (χ0v) is 21.3. The van der Waals surface area contributed by atoms with Crippen molar-refractivity contribution in [2.75, 3.05) is 24.2 Å². The molecule has 1 N–H and O–H groups in total. The first kappa shape index (κ1) is 26.7. The molecule has 0 aromatic heterocycles. The van der Waals surface area contributed by atoms with Gasteiger partial charge in [0, 0.05) is 31.6 Å². The number of rotatable bonds is 10. The second-order valence-electron chi connectivity index (χ2n) is 8.15. The summed E-state index contributed by atoms with van der Waals surface area (Å²) in [7, 11) is -2.00. The first-order valence-electron chi connectivity index (χ1n) is 10.7. The van der Waals surface area contributed by atoms with Gasteiger partial charge in [0.05, 0.1) is 11.9 Å². The van der Waals surface area contributed by atoms with Crippen LogP contribution in [0.5, 0.6) is 0 Å². The van der Waals surface area contributed by atoms with Crippen LogP contribution < -0.4 is 9.62 Å². The van der Waals surface area contributed by atoms with E-state index in [0.29, 0.717) is 17.1 Å². The molecule has 0 heterocycles. The number of halogens is 1. The molecular formula is C24H32ClN3O4S. The van der Waals surface area contributed by atoms with Gasteiger partial charge >= 0.3 is 0 Å². The number of sulfonamides is 1. The fourth-order valence-electron chi connectivity index (χ4n) is 3.46. The minimum Gasteiger partial charge on any atom is -0.357 e. The van der Waals surface area contributed by atoms with Gasteiger partial charge in [0.1, 0.15) is 6.04 Å². The van der Waals surface area contributed by atoms with Crippen molar-refractivity contribution in [3.63, 3.8) is 0 Å². The molecule has 0 aliphatic heterocycles. The lowest BCUT2D eigenvalue weighted by Crippen LogP contribution is -2.46. The summed E-state index contributed by atoms with van der Waals surface area (Å²) in [6.07, 6.45) is 1.58. The van der Waals surface area contributed by atoms with Crippen LogP contribution in [-0.4, -0.2) is 51.0 Å². The lowest BCUT2D eigenvalue weighted by atomic mass is 10.1. The minimum absolute atomic E-state index is 0.103. The molecule has 0 fully saturated rings. The number of aryl methyl sites for hydroxylation is 2. The molecule has 33 heavy (non-hydrogen) atoms. The number of anilines is 1. The molecule has 0 radical (unpaired) electrons. The monoisotopic (exact) mass is 493 g/mol. The van der Waals surface area contributed by atoms with Crippen molar-refractivity contribution in [3.8, 4) is 0 Å². The van der Waals surface area contributed by atoms with Gasteiger partial charge in [-0.3, -0.25) is 13.9 Å². The maximum Gasteiger partial charge on any atom is 0.242 e. The topological polar surface area (TPSA) is 86.8 Å². The third-order valence-corrected chi connectivity index (χ3v) is 7.06. The van der Waals surface area contributed by atoms with Gasteiger partial charge in [0.15, 0.2) is 0 Å². The SMILES string of the molecule is CNC(=O)C(C)N(Cc1ccc(Cl)cc1)C(=O)CCCN(c1ccc(C)c(C)c1)S(C)(=O)=O. The molecule has 2 aromatic carbocycles. The number of amides is 2. The normalized spacial score (nSPS) is 12.2. The molecule has 180 valence electrons. The average Bonchev–Trinajstić information content (AvgIpc) is 2.76. The van der Waals surface area contributed by atoms with Crippen LogP contribution in [0.1, 0.15) is 36.5 Å². The van der Waals surface area contributed by atoms with Gasteiger partial charge in [0.2, 0.25) is 21.8 Å². The number of nitrogens with zero attached hydrogens (tertiary/aromatic N) is 2. The second kappa shape index (κ2) is 11.5. The lowest BCUT2D eigenvalue weighted by molar-refractivity contribution is -0.140. The predicted octanol–water partition coefficient (Wildman–Crippen LogP) is 3.67. The van der Waals surface area contributed by atoms with Gasteiger partial charge in [-0.1, -0.05) is 29.8 Å². The molecule has 0 saturated heterocycles. The van der Waals surface area contributed by atoms with Crippen molar-refractivity contribution >= 4 is 39.1 Å². The average molecular weight is 494 g/mol. The Bertz CT molecular complexity index is 1090. The number of carbonyl (C=O) groups excluding carboxylic acids is 2. The third-order valence-electron chi connectivity index (χ3n) is 5.61. The summed E-state index contributed by atoms with van der Waals surface area (Å²) in [5, 5.41) is 3.17. The summed E-state index contributed by atoms with van der Waals surface area (Å²) in [6.45, 7) is 5.97. The number of benzene rings is 2. The van der Waals surface area contributed by atoms with Gasteiger partial charge in [-0.15, -0.1) is 0 Å². The standard InChI is InChI=1S/C24H32ClN3O4S/c1-17-8-13-22(15-18(17)2)28(33(5,31)32)14-6-7-23(29)27(19(3)24(30)26-4)16-20-9-11-21(25)12-10-20/h8-13,15,19H,6-7,14,16H2,1-5H3,(H,26,30). The Morgan fingerprint density at radius 2 is 1.70 bits per heavy atom. The highest BCUT2D eigenvalue weighted by Gasteiger charge is 2.26. The quantitative estimate of drug-likeness (QED) is 0.547. The molecule has 2 rings (SSSR count). The highest BCUT2D eigenvalue weighted by Crippen LogP contribution is 2.22. The summed E-state index contributed by atoms with van der Waals surface area (Å²) in [5.74, 6) is -0.500. The smallest absolute Gasteiger partial charge is 0.242 e. The van der Waals surface area contributed by atoms with E-state index in [1.807, 2.05) is 38.1 Å². The Hall–Kier alpha value is -2.58. The zero-order chi connectivity index (χ0) is 24.8. The minimum atomic E-state index is -3.52. The summed E-state index contributed by atoms with van der Waals surface area (Å²) in [5.41, 5.74) is 3.48. The Morgan fingerprint density at radius 3 is 2.24 bits per heavy atom. The zero-order valence-electron chi connectivity index (χ0n) is 19.8. The van der Waals surface area contributed by atoms with Crippen molar-refractivity contribution in [2.24, 2.45) is 0 Å². The van der Waals surface area contributed by atoms with E-state index in [-0.39, 0.29) is 31.3 Å². The van der Waals surface area contributed by atoms with Crippen molar-refractivity contribution in [1.82, 2.24) is 10.2 Å². The molecule has 7 nitrogen and oxygen atoms in total. The van der Waals surface area contributed by atoms with Gasteiger partial charge in [-0.25, -0.2) is 8.42 Å². The van der Waals surface area contributed by atoms with E-state index >= 15 is 0 Å². The van der Waals surface area contributed by atoms with Crippen molar-refractivity contribution in [3.05, 3.63) is 64.2 Å². The van der Waals surface area contributed by atoms with Gasteiger partial charge in [-0.2, -0.15) is 0 Å². The van der Waals surface area contributed by atoms with Crippen molar-refractivity contribution in [2.45, 2.75) is 46.2 Å². The highest BCUT2D eigenvalue weighted by molar-refractivity contribution is 7.92. The van der Waals surface area contributed by atoms with Crippen LogP contribution in [-0.2, 0) is 26.2 Å². The third kappa shape index (κ3) is 7.47. The number of nitrogens with one attached hydrogen (secondary N) is 1.